The maximum atomic E-state index is 4.68. The van der Waals surface area contributed by atoms with Crippen LogP contribution in [0.4, 0.5) is 5.82 Å². The Balaban J connectivity index is 2.12. The van der Waals surface area contributed by atoms with Gasteiger partial charge >= 0.3 is 0 Å². The molecule has 1 fully saturated rings. The molecule has 0 N–H and O–H groups in total. The standard InChI is InChI=1S/C14H21N5/c1-9-5-7-19(8-6-9)14-13-12(15-11(3)16-14)10(2)17-18(13)4/h9H,5-8H2,1-4H3. The first kappa shape index (κ1) is 12.4. The Bertz CT molecular complexity index is 608. The molecular formula is C14H21N5. The van der Waals surface area contributed by atoms with Crippen molar-refractivity contribution in [3.63, 3.8) is 0 Å². The van der Waals surface area contributed by atoms with Crippen LogP contribution in [0.2, 0.25) is 0 Å². The molecule has 1 aliphatic heterocycles. The van der Waals surface area contributed by atoms with E-state index in [1.165, 1.54) is 12.8 Å². The normalized spacial score (nSPS) is 17.4. The molecule has 0 spiro atoms. The second-order valence-corrected chi connectivity index (χ2v) is 5.67. The average molecular weight is 259 g/mol. The fourth-order valence-electron chi connectivity index (χ4n) is 2.87. The zero-order chi connectivity index (χ0) is 13.6. The average Bonchev–Trinajstić information content (AvgIpc) is 2.65. The van der Waals surface area contributed by atoms with Gasteiger partial charge in [-0.25, -0.2) is 9.97 Å². The number of nitrogens with zero attached hydrogens (tertiary/aromatic N) is 5. The third-order valence-corrected chi connectivity index (χ3v) is 4.03. The molecule has 0 atom stereocenters. The van der Waals surface area contributed by atoms with Gasteiger partial charge in [0.05, 0.1) is 5.69 Å². The van der Waals surface area contributed by atoms with Crippen LogP contribution in [0.15, 0.2) is 0 Å². The number of piperidine rings is 1. The minimum absolute atomic E-state index is 0.822. The summed E-state index contributed by atoms with van der Waals surface area (Å²) in [6.45, 7) is 8.46. The van der Waals surface area contributed by atoms with Gasteiger partial charge in [-0.3, -0.25) is 4.68 Å². The van der Waals surface area contributed by atoms with Gasteiger partial charge in [-0.2, -0.15) is 5.10 Å². The number of hydrogen-bond donors (Lipinski definition) is 0. The van der Waals surface area contributed by atoms with Crippen LogP contribution in [0.25, 0.3) is 11.0 Å². The second kappa shape index (κ2) is 4.47. The molecule has 0 radical (unpaired) electrons. The van der Waals surface area contributed by atoms with E-state index >= 15 is 0 Å². The Hall–Kier alpha value is -1.65. The monoisotopic (exact) mass is 259 g/mol. The van der Waals surface area contributed by atoms with Crippen LogP contribution in [0.3, 0.4) is 0 Å². The number of aryl methyl sites for hydroxylation is 3. The molecule has 0 bridgehead atoms. The van der Waals surface area contributed by atoms with E-state index in [1.807, 2.05) is 25.6 Å². The lowest BCUT2D eigenvalue weighted by molar-refractivity contribution is 0.436. The highest BCUT2D eigenvalue weighted by molar-refractivity contribution is 5.88. The van der Waals surface area contributed by atoms with Crippen LogP contribution < -0.4 is 4.90 Å². The molecule has 5 nitrogen and oxygen atoms in total. The van der Waals surface area contributed by atoms with E-state index in [1.54, 1.807) is 0 Å². The maximum Gasteiger partial charge on any atom is 0.158 e. The Morgan fingerprint density at radius 1 is 1.11 bits per heavy atom. The van der Waals surface area contributed by atoms with Crippen LogP contribution in [0, 0.1) is 19.8 Å². The summed E-state index contributed by atoms with van der Waals surface area (Å²) in [4.78, 5) is 11.6. The third kappa shape index (κ3) is 2.07. The van der Waals surface area contributed by atoms with Gasteiger partial charge in [-0.05, 0) is 32.6 Å². The summed E-state index contributed by atoms with van der Waals surface area (Å²) in [5.74, 6) is 2.71. The van der Waals surface area contributed by atoms with E-state index in [-0.39, 0.29) is 0 Å². The number of anilines is 1. The smallest absolute Gasteiger partial charge is 0.158 e. The number of aromatic nitrogens is 4. The fraction of sp³-hybridized carbons (Fsp3) is 0.643. The Kier molecular flexibility index (Phi) is 2.92. The summed E-state index contributed by atoms with van der Waals surface area (Å²) in [7, 11) is 1.98. The molecule has 3 rings (SSSR count). The molecule has 0 saturated carbocycles. The number of rotatable bonds is 1. The molecule has 102 valence electrons. The molecule has 0 amide bonds. The fourth-order valence-corrected chi connectivity index (χ4v) is 2.87. The lowest BCUT2D eigenvalue weighted by Crippen LogP contribution is -2.34. The summed E-state index contributed by atoms with van der Waals surface area (Å²) < 4.78 is 1.91. The third-order valence-electron chi connectivity index (χ3n) is 4.03. The summed E-state index contributed by atoms with van der Waals surface area (Å²) in [6.07, 6.45) is 2.47. The van der Waals surface area contributed by atoms with Gasteiger partial charge in [0.15, 0.2) is 5.82 Å². The van der Waals surface area contributed by atoms with E-state index < -0.39 is 0 Å². The topological polar surface area (TPSA) is 46.8 Å². The van der Waals surface area contributed by atoms with Gasteiger partial charge < -0.3 is 4.90 Å². The Morgan fingerprint density at radius 3 is 2.47 bits per heavy atom. The molecule has 5 heteroatoms. The minimum Gasteiger partial charge on any atom is -0.355 e. The zero-order valence-electron chi connectivity index (χ0n) is 12.1. The number of hydrogen-bond acceptors (Lipinski definition) is 4. The minimum atomic E-state index is 0.822. The first-order valence-corrected chi connectivity index (χ1v) is 6.99. The maximum absolute atomic E-state index is 4.68. The first-order valence-electron chi connectivity index (χ1n) is 6.99. The first-order chi connectivity index (χ1) is 9.06. The molecule has 2 aromatic rings. The summed E-state index contributed by atoms with van der Waals surface area (Å²) in [5, 5.41) is 4.49. The van der Waals surface area contributed by atoms with E-state index in [0.29, 0.717) is 0 Å². The molecular weight excluding hydrogens is 238 g/mol. The molecule has 3 heterocycles. The molecule has 0 aliphatic carbocycles. The SMILES string of the molecule is Cc1nc(N2CCC(C)CC2)c2c(n1)c(C)nn2C. The van der Waals surface area contributed by atoms with Crippen molar-refractivity contribution in [2.24, 2.45) is 13.0 Å². The quantitative estimate of drug-likeness (QED) is 0.788. The van der Waals surface area contributed by atoms with E-state index in [9.17, 15) is 0 Å². The largest absolute Gasteiger partial charge is 0.355 e. The van der Waals surface area contributed by atoms with Crippen molar-refractivity contribution in [2.45, 2.75) is 33.6 Å². The van der Waals surface area contributed by atoms with Crippen LogP contribution in [0.1, 0.15) is 31.3 Å². The van der Waals surface area contributed by atoms with Gasteiger partial charge in [0.25, 0.3) is 0 Å². The predicted octanol–water partition coefficient (Wildman–Crippen LogP) is 2.22. The van der Waals surface area contributed by atoms with Crippen molar-refractivity contribution < 1.29 is 0 Å². The van der Waals surface area contributed by atoms with Crippen molar-refractivity contribution >= 4 is 16.9 Å². The van der Waals surface area contributed by atoms with Gasteiger partial charge in [0.2, 0.25) is 0 Å². The molecule has 0 unspecified atom stereocenters. The van der Waals surface area contributed by atoms with Crippen molar-refractivity contribution in [3.05, 3.63) is 11.5 Å². The van der Waals surface area contributed by atoms with Gasteiger partial charge in [-0.1, -0.05) is 6.92 Å². The van der Waals surface area contributed by atoms with Crippen molar-refractivity contribution in [1.29, 1.82) is 0 Å². The van der Waals surface area contributed by atoms with Crippen molar-refractivity contribution in [3.8, 4) is 0 Å². The lowest BCUT2D eigenvalue weighted by Gasteiger charge is -2.31. The highest BCUT2D eigenvalue weighted by Crippen LogP contribution is 2.28. The van der Waals surface area contributed by atoms with Gasteiger partial charge in [0.1, 0.15) is 16.9 Å². The zero-order valence-corrected chi connectivity index (χ0v) is 12.1. The Labute approximate surface area is 113 Å². The van der Waals surface area contributed by atoms with Crippen LogP contribution in [-0.4, -0.2) is 32.8 Å². The molecule has 19 heavy (non-hydrogen) atoms. The summed E-state index contributed by atoms with van der Waals surface area (Å²) in [6, 6.07) is 0. The van der Waals surface area contributed by atoms with Crippen LogP contribution in [0.5, 0.6) is 0 Å². The van der Waals surface area contributed by atoms with Crippen molar-refractivity contribution in [1.82, 2.24) is 19.7 Å². The number of fused-ring (bicyclic) bond motifs is 1. The Morgan fingerprint density at radius 2 is 1.79 bits per heavy atom. The second-order valence-electron chi connectivity index (χ2n) is 5.67. The van der Waals surface area contributed by atoms with E-state index in [0.717, 1.165) is 47.4 Å². The highest BCUT2D eigenvalue weighted by Gasteiger charge is 2.22. The lowest BCUT2D eigenvalue weighted by atomic mass is 9.99. The molecule has 0 aromatic carbocycles. The molecule has 1 aliphatic rings. The van der Waals surface area contributed by atoms with E-state index in [2.05, 4.69) is 26.9 Å². The van der Waals surface area contributed by atoms with Gasteiger partial charge in [-0.15, -0.1) is 0 Å². The molecule has 1 saturated heterocycles. The van der Waals surface area contributed by atoms with Crippen LogP contribution in [-0.2, 0) is 7.05 Å². The summed E-state index contributed by atoms with van der Waals surface area (Å²) >= 11 is 0. The van der Waals surface area contributed by atoms with Crippen molar-refractivity contribution in [2.75, 3.05) is 18.0 Å². The highest BCUT2D eigenvalue weighted by atomic mass is 15.3. The predicted molar refractivity (Wildman–Crippen MR) is 76.4 cm³/mol. The van der Waals surface area contributed by atoms with Gasteiger partial charge in [0, 0.05) is 20.1 Å². The van der Waals surface area contributed by atoms with E-state index in [4.69, 9.17) is 0 Å². The summed E-state index contributed by atoms with van der Waals surface area (Å²) in [5.41, 5.74) is 3.04. The molecule has 2 aromatic heterocycles. The van der Waals surface area contributed by atoms with Crippen LogP contribution >= 0.6 is 0 Å².